The number of anilines is 2. The van der Waals surface area contributed by atoms with Gasteiger partial charge in [-0.25, -0.2) is 4.79 Å². The zero-order valence-electron chi connectivity index (χ0n) is 18.0. The fourth-order valence-corrected chi connectivity index (χ4v) is 4.29. The number of rotatable bonds is 4. The van der Waals surface area contributed by atoms with Crippen LogP contribution < -0.4 is 16.0 Å². The van der Waals surface area contributed by atoms with Crippen LogP contribution in [0, 0.1) is 0 Å². The third-order valence-corrected chi connectivity index (χ3v) is 6.35. The maximum absolute atomic E-state index is 12.8. The van der Waals surface area contributed by atoms with E-state index in [-0.39, 0.29) is 0 Å². The minimum atomic E-state index is -4.31. The summed E-state index contributed by atoms with van der Waals surface area (Å²) in [6.45, 7) is 1.53. The first-order valence-corrected chi connectivity index (χ1v) is 11.1. The number of aromatic amines is 1. The molecule has 1 aliphatic heterocycles. The lowest BCUT2D eigenvalue weighted by Crippen LogP contribution is -2.30. The van der Waals surface area contributed by atoms with E-state index in [0.717, 1.165) is 68.0 Å². The zero-order chi connectivity index (χ0) is 23.0. The number of nitrogens with zero attached hydrogens (tertiary/aromatic N) is 1. The van der Waals surface area contributed by atoms with Crippen LogP contribution in [0.1, 0.15) is 37.7 Å². The largest absolute Gasteiger partial charge is 0.417 e. The summed E-state index contributed by atoms with van der Waals surface area (Å²) in [5, 5.41) is 3.50. The molecule has 33 heavy (non-hydrogen) atoms. The van der Waals surface area contributed by atoms with Gasteiger partial charge in [0.1, 0.15) is 0 Å². The first-order valence-electron chi connectivity index (χ1n) is 11.1. The monoisotopic (exact) mass is 455 g/mol. The Kier molecular flexibility index (Phi) is 5.52. The van der Waals surface area contributed by atoms with Gasteiger partial charge < -0.3 is 14.6 Å². The Hall–Kier alpha value is -3.42. The van der Waals surface area contributed by atoms with Crippen molar-refractivity contribution in [2.75, 3.05) is 23.3 Å². The van der Waals surface area contributed by atoms with E-state index in [1.54, 1.807) is 12.1 Å². The normalized spacial score (nSPS) is 16.6. The summed E-state index contributed by atoms with van der Waals surface area (Å²) in [5.41, 5.74) is 6.02. The minimum Gasteiger partial charge on any atom is -0.408 e. The summed E-state index contributed by atoms with van der Waals surface area (Å²) in [7, 11) is 0. The lowest BCUT2D eigenvalue weighted by Gasteiger charge is -2.31. The molecule has 8 heteroatoms. The molecule has 5 nitrogen and oxygen atoms in total. The SMILES string of the molecule is O=c1[nH]c2ccc(NC(C=C3CCN(c4ccc(C(F)(F)F)cc4)CC3)=C3CCC3)cc2o1. The zero-order valence-corrected chi connectivity index (χ0v) is 18.0. The molecule has 2 heterocycles. The van der Waals surface area contributed by atoms with E-state index in [0.29, 0.717) is 11.1 Å². The maximum Gasteiger partial charge on any atom is 0.417 e. The van der Waals surface area contributed by atoms with Crippen LogP contribution in [0.15, 0.2) is 74.6 Å². The fraction of sp³-hybridized carbons (Fsp3) is 0.320. The number of oxazole rings is 1. The Morgan fingerprint density at radius 2 is 1.76 bits per heavy atom. The van der Waals surface area contributed by atoms with Crippen LogP contribution in [0.2, 0.25) is 0 Å². The van der Waals surface area contributed by atoms with E-state index in [4.69, 9.17) is 4.42 Å². The molecular formula is C25H24F3N3O2. The van der Waals surface area contributed by atoms with E-state index < -0.39 is 17.5 Å². The van der Waals surface area contributed by atoms with Crippen molar-refractivity contribution >= 4 is 22.5 Å². The summed E-state index contributed by atoms with van der Waals surface area (Å²) in [6.07, 6.45) is 2.91. The second-order valence-corrected chi connectivity index (χ2v) is 8.56. The van der Waals surface area contributed by atoms with Crippen LogP contribution in [0.25, 0.3) is 11.1 Å². The average molecular weight is 455 g/mol. The Morgan fingerprint density at radius 3 is 2.39 bits per heavy atom. The maximum atomic E-state index is 12.8. The van der Waals surface area contributed by atoms with Crippen molar-refractivity contribution in [2.45, 2.75) is 38.3 Å². The summed E-state index contributed by atoms with van der Waals surface area (Å²) < 4.78 is 43.6. The third kappa shape index (κ3) is 4.69. The molecule has 2 aromatic carbocycles. The molecular weight excluding hydrogens is 431 g/mol. The van der Waals surface area contributed by atoms with Crippen molar-refractivity contribution in [3.05, 3.63) is 81.5 Å². The minimum absolute atomic E-state index is 0.471. The molecule has 1 aromatic heterocycles. The molecule has 0 radical (unpaired) electrons. The number of hydrogen-bond acceptors (Lipinski definition) is 4. The van der Waals surface area contributed by atoms with Crippen molar-refractivity contribution in [1.29, 1.82) is 0 Å². The molecule has 2 N–H and O–H groups in total. The molecule has 0 amide bonds. The van der Waals surface area contributed by atoms with Crippen LogP contribution in [-0.2, 0) is 6.18 Å². The lowest BCUT2D eigenvalue weighted by atomic mass is 9.89. The number of halogens is 3. The standard InChI is InChI=1S/C25H24F3N3O2/c26-25(27,28)18-4-7-20(8-5-18)31-12-10-16(11-13-31)14-22(17-2-1-3-17)29-19-6-9-21-23(15-19)33-24(32)30-21/h4-9,14-15,29H,1-3,10-13H2,(H,30,32). The van der Waals surface area contributed by atoms with Gasteiger partial charge in [-0.2, -0.15) is 13.2 Å². The number of allylic oxidation sites excluding steroid dienone is 2. The number of H-pyrrole nitrogens is 1. The molecule has 5 rings (SSSR count). The van der Waals surface area contributed by atoms with Gasteiger partial charge in [0.05, 0.1) is 11.1 Å². The Morgan fingerprint density at radius 1 is 1.03 bits per heavy atom. The molecule has 0 spiro atoms. The van der Waals surface area contributed by atoms with Gasteiger partial charge in [-0.05, 0) is 80.2 Å². The molecule has 2 aliphatic rings. The van der Waals surface area contributed by atoms with Gasteiger partial charge in [0.2, 0.25) is 0 Å². The predicted molar refractivity (Wildman–Crippen MR) is 122 cm³/mol. The molecule has 1 saturated carbocycles. The van der Waals surface area contributed by atoms with Gasteiger partial charge in [0.25, 0.3) is 0 Å². The summed E-state index contributed by atoms with van der Waals surface area (Å²) in [4.78, 5) is 16.2. The average Bonchev–Trinajstić information content (AvgIpc) is 3.12. The summed E-state index contributed by atoms with van der Waals surface area (Å²) in [5.74, 6) is -0.471. The summed E-state index contributed by atoms with van der Waals surface area (Å²) in [6, 6.07) is 10.9. The van der Waals surface area contributed by atoms with Crippen molar-refractivity contribution in [2.24, 2.45) is 0 Å². The number of nitrogens with one attached hydrogen (secondary N) is 2. The van der Waals surface area contributed by atoms with Crippen molar-refractivity contribution in [1.82, 2.24) is 4.98 Å². The van der Waals surface area contributed by atoms with Crippen molar-refractivity contribution in [3.8, 4) is 0 Å². The highest BCUT2D eigenvalue weighted by Crippen LogP contribution is 2.34. The highest BCUT2D eigenvalue weighted by atomic mass is 19.4. The van der Waals surface area contributed by atoms with Gasteiger partial charge in [-0.1, -0.05) is 5.57 Å². The Labute approximate surface area is 188 Å². The van der Waals surface area contributed by atoms with E-state index in [1.165, 1.54) is 17.6 Å². The van der Waals surface area contributed by atoms with Crippen LogP contribution in [0.4, 0.5) is 24.5 Å². The van der Waals surface area contributed by atoms with Crippen molar-refractivity contribution < 1.29 is 17.6 Å². The Bertz CT molecular complexity index is 1270. The van der Waals surface area contributed by atoms with Crippen LogP contribution in [-0.4, -0.2) is 18.1 Å². The van der Waals surface area contributed by atoms with Crippen LogP contribution in [0.5, 0.6) is 0 Å². The van der Waals surface area contributed by atoms with E-state index in [2.05, 4.69) is 21.3 Å². The molecule has 1 aliphatic carbocycles. The molecule has 3 aromatic rings. The van der Waals surface area contributed by atoms with Crippen LogP contribution in [0.3, 0.4) is 0 Å². The van der Waals surface area contributed by atoms with E-state index >= 15 is 0 Å². The van der Waals surface area contributed by atoms with E-state index in [9.17, 15) is 18.0 Å². The number of benzene rings is 2. The molecule has 1 saturated heterocycles. The number of piperidine rings is 1. The molecule has 0 atom stereocenters. The molecule has 2 fully saturated rings. The number of aromatic nitrogens is 1. The van der Waals surface area contributed by atoms with Crippen molar-refractivity contribution in [3.63, 3.8) is 0 Å². The molecule has 0 bridgehead atoms. The third-order valence-electron chi connectivity index (χ3n) is 6.35. The van der Waals surface area contributed by atoms with E-state index in [1.807, 2.05) is 18.2 Å². The highest BCUT2D eigenvalue weighted by Gasteiger charge is 2.30. The quantitative estimate of drug-likeness (QED) is 0.491. The topological polar surface area (TPSA) is 61.3 Å². The van der Waals surface area contributed by atoms with Gasteiger partial charge in [-0.3, -0.25) is 4.98 Å². The predicted octanol–water partition coefficient (Wildman–Crippen LogP) is 6.22. The molecule has 172 valence electrons. The smallest absolute Gasteiger partial charge is 0.408 e. The number of alkyl halides is 3. The first kappa shape index (κ1) is 21.4. The van der Waals surface area contributed by atoms with Crippen LogP contribution >= 0.6 is 0 Å². The van der Waals surface area contributed by atoms with Gasteiger partial charge >= 0.3 is 11.9 Å². The fourth-order valence-electron chi connectivity index (χ4n) is 4.29. The number of fused-ring (bicyclic) bond motifs is 1. The summed E-state index contributed by atoms with van der Waals surface area (Å²) >= 11 is 0. The molecule has 0 unspecified atom stereocenters. The number of hydrogen-bond donors (Lipinski definition) is 2. The Balaban J connectivity index is 1.28. The second kappa shape index (κ2) is 8.50. The van der Waals surface area contributed by atoms with Gasteiger partial charge in [0, 0.05) is 36.2 Å². The van der Waals surface area contributed by atoms with Gasteiger partial charge in [-0.15, -0.1) is 0 Å². The first-order chi connectivity index (χ1) is 15.8. The lowest BCUT2D eigenvalue weighted by molar-refractivity contribution is -0.137. The second-order valence-electron chi connectivity index (χ2n) is 8.56. The van der Waals surface area contributed by atoms with Gasteiger partial charge in [0.15, 0.2) is 5.58 Å². The highest BCUT2D eigenvalue weighted by molar-refractivity contribution is 5.77.